The summed E-state index contributed by atoms with van der Waals surface area (Å²) in [7, 11) is 4.86. The second-order valence-corrected chi connectivity index (χ2v) is 8.16. The van der Waals surface area contributed by atoms with E-state index in [1.165, 1.54) is 16.1 Å². The van der Waals surface area contributed by atoms with E-state index in [-0.39, 0.29) is 12.1 Å². The molecule has 1 aliphatic rings. The number of hydrogen-bond donors (Lipinski definition) is 1. The molecule has 0 radical (unpaired) electrons. The molecule has 4 rings (SSSR count). The van der Waals surface area contributed by atoms with Gasteiger partial charge < -0.3 is 14.8 Å². The third-order valence-corrected chi connectivity index (χ3v) is 6.04. The van der Waals surface area contributed by atoms with Crippen LogP contribution in [0.3, 0.4) is 0 Å². The molecule has 3 aromatic carbocycles. The molecule has 0 bridgehead atoms. The molecule has 0 spiro atoms. The number of carbonyl (C=O) groups excluding carboxylic acids is 1. The Labute approximate surface area is 194 Å². The number of nitrogens with zero attached hydrogens (tertiary/aromatic N) is 2. The van der Waals surface area contributed by atoms with E-state index in [4.69, 9.17) is 14.6 Å². The van der Waals surface area contributed by atoms with Crippen molar-refractivity contribution in [1.82, 2.24) is 10.3 Å². The topological polar surface area (TPSA) is 63.2 Å². The molecule has 0 fully saturated rings. The van der Waals surface area contributed by atoms with E-state index in [2.05, 4.69) is 48.6 Å². The standard InChI is InChI=1S/C27H29N3O3/c1-17-8-6-7-9-22(17)19-10-12-20(13-11-19)26-23-16-25(33-5)24(32-4)15-21(23)14-18(2)30(29-26)27(31)28-3/h6-13,15-16,18H,14H2,1-5H3,(H,28,31). The van der Waals surface area contributed by atoms with E-state index >= 15 is 0 Å². The Morgan fingerprint density at radius 2 is 1.61 bits per heavy atom. The Bertz CT molecular complexity index is 1200. The van der Waals surface area contributed by atoms with E-state index in [1.807, 2.05) is 31.2 Å². The highest BCUT2D eigenvalue weighted by molar-refractivity contribution is 6.14. The Morgan fingerprint density at radius 3 is 2.24 bits per heavy atom. The predicted octanol–water partition coefficient (Wildman–Crippen LogP) is 5.02. The molecule has 170 valence electrons. The van der Waals surface area contributed by atoms with Crippen LogP contribution in [0.4, 0.5) is 4.79 Å². The number of hydrogen-bond acceptors (Lipinski definition) is 4. The molecular formula is C27H29N3O3. The largest absolute Gasteiger partial charge is 0.493 e. The fourth-order valence-electron chi connectivity index (χ4n) is 4.25. The molecule has 3 aromatic rings. The Hall–Kier alpha value is -3.80. The van der Waals surface area contributed by atoms with Crippen LogP contribution in [0.25, 0.3) is 11.1 Å². The molecular weight excluding hydrogens is 414 g/mol. The summed E-state index contributed by atoms with van der Waals surface area (Å²) in [4.78, 5) is 12.6. The van der Waals surface area contributed by atoms with Gasteiger partial charge in [0.2, 0.25) is 0 Å². The minimum absolute atomic E-state index is 0.134. The van der Waals surface area contributed by atoms with Crippen LogP contribution in [0.2, 0.25) is 0 Å². The number of benzene rings is 3. The monoisotopic (exact) mass is 443 g/mol. The van der Waals surface area contributed by atoms with Crippen LogP contribution < -0.4 is 14.8 Å². The van der Waals surface area contributed by atoms with Gasteiger partial charge in [-0.05, 0) is 54.7 Å². The van der Waals surface area contributed by atoms with Crippen molar-refractivity contribution in [1.29, 1.82) is 0 Å². The number of hydrazone groups is 1. The van der Waals surface area contributed by atoms with Crippen molar-refractivity contribution < 1.29 is 14.3 Å². The molecule has 0 saturated heterocycles. The highest BCUT2D eigenvalue weighted by atomic mass is 16.5. The normalized spacial score (nSPS) is 15.2. The summed E-state index contributed by atoms with van der Waals surface area (Å²) >= 11 is 0. The molecule has 1 heterocycles. The first-order chi connectivity index (χ1) is 16.0. The van der Waals surface area contributed by atoms with Gasteiger partial charge in [0.1, 0.15) is 0 Å². The second kappa shape index (κ2) is 9.36. The van der Waals surface area contributed by atoms with Crippen LogP contribution in [0.1, 0.15) is 29.2 Å². The Kier molecular flexibility index (Phi) is 6.36. The number of carbonyl (C=O) groups is 1. The van der Waals surface area contributed by atoms with E-state index in [0.29, 0.717) is 17.9 Å². The van der Waals surface area contributed by atoms with Crippen molar-refractivity contribution >= 4 is 11.7 Å². The lowest BCUT2D eigenvalue weighted by molar-refractivity contribution is 0.184. The molecule has 1 N–H and O–H groups in total. The summed E-state index contributed by atoms with van der Waals surface area (Å²) in [6.45, 7) is 4.10. The first kappa shape index (κ1) is 22.4. The highest BCUT2D eigenvalue weighted by Gasteiger charge is 2.28. The van der Waals surface area contributed by atoms with Crippen molar-refractivity contribution in [3.05, 3.63) is 82.9 Å². The predicted molar refractivity (Wildman–Crippen MR) is 131 cm³/mol. The van der Waals surface area contributed by atoms with Gasteiger partial charge in [0.05, 0.1) is 26.0 Å². The number of urea groups is 1. The van der Waals surface area contributed by atoms with Crippen LogP contribution in [0.15, 0.2) is 65.8 Å². The van der Waals surface area contributed by atoms with Crippen LogP contribution in [0.5, 0.6) is 11.5 Å². The molecule has 6 nitrogen and oxygen atoms in total. The fourth-order valence-corrected chi connectivity index (χ4v) is 4.25. The minimum atomic E-state index is -0.247. The zero-order valence-corrected chi connectivity index (χ0v) is 19.7. The lowest BCUT2D eigenvalue weighted by Crippen LogP contribution is -2.41. The summed E-state index contributed by atoms with van der Waals surface area (Å²) < 4.78 is 11.1. The first-order valence-corrected chi connectivity index (χ1v) is 11.0. The molecule has 6 heteroatoms. The fraction of sp³-hybridized carbons (Fsp3) is 0.259. The average molecular weight is 444 g/mol. The van der Waals surface area contributed by atoms with Crippen molar-refractivity contribution in [2.45, 2.75) is 26.3 Å². The molecule has 1 unspecified atom stereocenters. The molecule has 2 amide bonds. The first-order valence-electron chi connectivity index (χ1n) is 11.0. The zero-order valence-electron chi connectivity index (χ0n) is 19.7. The number of fused-ring (bicyclic) bond motifs is 1. The van der Waals surface area contributed by atoms with Gasteiger partial charge in [0.15, 0.2) is 11.5 Å². The van der Waals surface area contributed by atoms with E-state index in [0.717, 1.165) is 28.0 Å². The third kappa shape index (κ3) is 4.29. The number of ether oxygens (including phenoxy) is 2. The summed E-state index contributed by atoms with van der Waals surface area (Å²) in [6.07, 6.45) is 0.636. The second-order valence-electron chi connectivity index (χ2n) is 8.16. The highest BCUT2D eigenvalue weighted by Crippen LogP contribution is 2.35. The van der Waals surface area contributed by atoms with Gasteiger partial charge >= 0.3 is 6.03 Å². The number of nitrogens with one attached hydrogen (secondary N) is 1. The summed E-state index contributed by atoms with van der Waals surface area (Å²) in [6, 6.07) is 20.2. The van der Waals surface area contributed by atoms with Crippen LogP contribution in [-0.4, -0.2) is 44.1 Å². The maximum atomic E-state index is 12.6. The SMILES string of the molecule is CNC(=O)N1N=C(c2ccc(-c3ccccc3C)cc2)c2cc(OC)c(OC)cc2CC1C. The summed E-state index contributed by atoms with van der Waals surface area (Å²) in [5.41, 5.74) is 7.16. The number of rotatable bonds is 4. The van der Waals surface area contributed by atoms with Crippen LogP contribution >= 0.6 is 0 Å². The van der Waals surface area contributed by atoms with E-state index in [9.17, 15) is 4.79 Å². The lowest BCUT2D eigenvalue weighted by Gasteiger charge is -2.22. The Balaban J connectivity index is 1.86. The minimum Gasteiger partial charge on any atom is -0.493 e. The smallest absolute Gasteiger partial charge is 0.337 e. The summed E-state index contributed by atoms with van der Waals surface area (Å²) in [5.74, 6) is 1.28. The maximum Gasteiger partial charge on any atom is 0.337 e. The molecule has 1 atom stereocenters. The Morgan fingerprint density at radius 1 is 0.970 bits per heavy atom. The molecule has 1 aliphatic heterocycles. The van der Waals surface area contributed by atoms with Crippen molar-refractivity contribution in [3.8, 4) is 22.6 Å². The van der Waals surface area contributed by atoms with Gasteiger partial charge in [-0.25, -0.2) is 9.80 Å². The van der Waals surface area contributed by atoms with Gasteiger partial charge in [0.25, 0.3) is 0 Å². The zero-order chi connectivity index (χ0) is 23.5. The average Bonchev–Trinajstić information content (AvgIpc) is 2.98. The van der Waals surface area contributed by atoms with Crippen LogP contribution in [0, 0.1) is 6.92 Å². The van der Waals surface area contributed by atoms with Gasteiger partial charge in [-0.15, -0.1) is 0 Å². The summed E-state index contributed by atoms with van der Waals surface area (Å²) in [5, 5.41) is 9.05. The molecule has 0 aromatic heterocycles. The van der Waals surface area contributed by atoms with E-state index < -0.39 is 0 Å². The van der Waals surface area contributed by atoms with Crippen molar-refractivity contribution in [3.63, 3.8) is 0 Å². The number of amides is 2. The molecule has 0 saturated carbocycles. The lowest BCUT2D eigenvalue weighted by atomic mass is 9.92. The van der Waals surface area contributed by atoms with E-state index in [1.54, 1.807) is 21.3 Å². The van der Waals surface area contributed by atoms with Gasteiger partial charge in [-0.2, -0.15) is 5.10 Å². The number of methoxy groups -OCH3 is 2. The van der Waals surface area contributed by atoms with Gasteiger partial charge in [-0.3, -0.25) is 0 Å². The van der Waals surface area contributed by atoms with Crippen molar-refractivity contribution in [2.24, 2.45) is 5.10 Å². The third-order valence-electron chi connectivity index (χ3n) is 6.04. The van der Waals surface area contributed by atoms with Crippen molar-refractivity contribution in [2.75, 3.05) is 21.3 Å². The van der Waals surface area contributed by atoms with Crippen LogP contribution in [-0.2, 0) is 6.42 Å². The number of aryl methyl sites for hydroxylation is 1. The van der Waals surface area contributed by atoms with Gasteiger partial charge in [0, 0.05) is 18.2 Å². The quantitative estimate of drug-likeness (QED) is 0.616. The molecule has 33 heavy (non-hydrogen) atoms. The van der Waals surface area contributed by atoms with Gasteiger partial charge in [-0.1, -0.05) is 48.5 Å². The maximum absolute atomic E-state index is 12.6. The molecule has 0 aliphatic carbocycles.